The van der Waals surface area contributed by atoms with Crippen LogP contribution < -0.4 is 5.32 Å². The van der Waals surface area contributed by atoms with Crippen LogP contribution in [0.5, 0.6) is 11.5 Å². The summed E-state index contributed by atoms with van der Waals surface area (Å²) in [5, 5.41) is 22.3. The van der Waals surface area contributed by atoms with Gasteiger partial charge in [0.15, 0.2) is 5.82 Å². The number of amides is 1. The molecule has 0 unspecified atom stereocenters. The molecule has 1 aliphatic carbocycles. The quantitative estimate of drug-likeness (QED) is 0.398. The highest BCUT2D eigenvalue weighted by Crippen LogP contribution is 2.35. The minimum Gasteiger partial charge on any atom is -0.508 e. The third kappa shape index (κ3) is 4.66. The molecule has 1 aliphatic rings. The molecule has 0 saturated heterocycles. The van der Waals surface area contributed by atoms with Crippen molar-refractivity contribution in [3.05, 3.63) is 101 Å². The zero-order valence-electron chi connectivity index (χ0n) is 18.4. The third-order valence-corrected chi connectivity index (χ3v) is 5.76. The summed E-state index contributed by atoms with van der Waals surface area (Å²) >= 11 is 0. The Kier molecular flexibility index (Phi) is 5.79. The molecule has 1 amide bonds. The summed E-state index contributed by atoms with van der Waals surface area (Å²) in [6.45, 7) is 0. The first kappa shape index (κ1) is 21.4. The number of anilines is 1. The van der Waals surface area contributed by atoms with E-state index in [1.807, 2.05) is 48.6 Å². The van der Waals surface area contributed by atoms with Crippen LogP contribution in [0.3, 0.4) is 0 Å². The van der Waals surface area contributed by atoms with Crippen molar-refractivity contribution in [3.63, 3.8) is 0 Å². The van der Waals surface area contributed by atoms with E-state index in [-0.39, 0.29) is 23.8 Å². The molecule has 6 heteroatoms. The number of nitrogens with zero attached hydrogens (tertiary/aromatic N) is 2. The highest BCUT2D eigenvalue weighted by molar-refractivity contribution is 5.94. The van der Waals surface area contributed by atoms with Crippen LogP contribution >= 0.6 is 0 Å². The Morgan fingerprint density at radius 2 is 1.65 bits per heavy atom. The van der Waals surface area contributed by atoms with Crippen molar-refractivity contribution in [3.8, 4) is 22.8 Å². The number of nitrogens with one attached hydrogen (secondary N) is 1. The van der Waals surface area contributed by atoms with Crippen LogP contribution in [-0.2, 0) is 24.1 Å². The zero-order valence-corrected chi connectivity index (χ0v) is 18.4. The molecule has 3 N–H and O–H groups in total. The molecule has 6 nitrogen and oxygen atoms in total. The van der Waals surface area contributed by atoms with Crippen molar-refractivity contribution in [1.82, 2.24) is 9.97 Å². The lowest BCUT2D eigenvalue weighted by Crippen LogP contribution is -2.19. The zero-order chi connectivity index (χ0) is 23.5. The van der Waals surface area contributed by atoms with Gasteiger partial charge in [-0.15, -0.1) is 0 Å². The van der Waals surface area contributed by atoms with Crippen molar-refractivity contribution in [2.45, 2.75) is 19.3 Å². The number of hydrogen-bond acceptors (Lipinski definition) is 5. The van der Waals surface area contributed by atoms with Crippen molar-refractivity contribution < 1.29 is 15.0 Å². The Labute approximate surface area is 197 Å². The van der Waals surface area contributed by atoms with Gasteiger partial charge in [-0.1, -0.05) is 48.5 Å². The number of aryl methyl sites for hydroxylation is 2. The average molecular weight is 450 g/mol. The van der Waals surface area contributed by atoms with E-state index in [1.165, 1.54) is 0 Å². The molecule has 4 aromatic rings. The number of phenols is 2. The maximum absolute atomic E-state index is 12.8. The lowest BCUT2D eigenvalue weighted by molar-refractivity contribution is -0.115. The molecule has 0 saturated carbocycles. The molecule has 0 fully saturated rings. The van der Waals surface area contributed by atoms with Crippen molar-refractivity contribution in [2.75, 3.05) is 5.32 Å². The van der Waals surface area contributed by atoms with Gasteiger partial charge < -0.3 is 15.5 Å². The van der Waals surface area contributed by atoms with Gasteiger partial charge in [-0.2, -0.15) is 0 Å². The fourth-order valence-electron chi connectivity index (χ4n) is 4.07. The van der Waals surface area contributed by atoms with Crippen molar-refractivity contribution in [2.24, 2.45) is 0 Å². The summed E-state index contributed by atoms with van der Waals surface area (Å²) in [6.07, 6.45) is 5.36. The van der Waals surface area contributed by atoms with Crippen LogP contribution in [0.2, 0.25) is 0 Å². The van der Waals surface area contributed by atoms with Gasteiger partial charge in [0.2, 0.25) is 5.91 Å². The van der Waals surface area contributed by atoms with Gasteiger partial charge in [0.25, 0.3) is 0 Å². The largest absolute Gasteiger partial charge is 0.508 e. The van der Waals surface area contributed by atoms with Crippen LogP contribution in [0.25, 0.3) is 23.4 Å². The second-order valence-corrected chi connectivity index (χ2v) is 8.23. The number of benzene rings is 3. The van der Waals surface area contributed by atoms with Crippen LogP contribution in [0.1, 0.15) is 28.1 Å². The van der Waals surface area contributed by atoms with E-state index in [0.29, 0.717) is 17.9 Å². The summed E-state index contributed by atoms with van der Waals surface area (Å²) in [5.41, 5.74) is 5.92. The van der Waals surface area contributed by atoms with Gasteiger partial charge in [0.1, 0.15) is 17.2 Å². The topological polar surface area (TPSA) is 95.3 Å². The fourth-order valence-corrected chi connectivity index (χ4v) is 4.07. The average Bonchev–Trinajstić information content (AvgIpc) is 2.84. The maximum atomic E-state index is 12.8. The van der Waals surface area contributed by atoms with Crippen LogP contribution in [0.15, 0.2) is 72.8 Å². The molecule has 1 heterocycles. The molecule has 0 aliphatic heterocycles. The predicted octanol–water partition coefficient (Wildman–Crippen LogP) is 5.01. The number of rotatable bonds is 5. The first-order valence-corrected chi connectivity index (χ1v) is 11.1. The standard InChI is InChI=1S/C28H23N3O3/c32-21-10-6-19(7-11-21)16-26(34)31-28-25(14-8-18-4-2-1-3-5-18)29-27-23-13-12-22(33)17-20(23)9-15-24(27)30-28/h1-8,10-14,17,32-33H,9,15-16H2,(H,30,31,34). The summed E-state index contributed by atoms with van der Waals surface area (Å²) in [6, 6.07) is 21.7. The molecule has 1 aromatic heterocycles. The Balaban J connectivity index is 1.50. The van der Waals surface area contributed by atoms with Gasteiger partial charge in [-0.05, 0) is 65.9 Å². The van der Waals surface area contributed by atoms with Crippen LogP contribution in [0, 0.1) is 0 Å². The smallest absolute Gasteiger partial charge is 0.230 e. The molecule has 3 aromatic carbocycles. The van der Waals surface area contributed by atoms with Crippen LogP contribution in [0.4, 0.5) is 5.82 Å². The third-order valence-electron chi connectivity index (χ3n) is 5.76. The number of aromatic nitrogens is 2. The Bertz CT molecular complexity index is 1380. The second-order valence-electron chi connectivity index (χ2n) is 8.23. The minimum absolute atomic E-state index is 0.156. The maximum Gasteiger partial charge on any atom is 0.230 e. The minimum atomic E-state index is -0.213. The normalized spacial score (nSPS) is 12.2. The summed E-state index contributed by atoms with van der Waals surface area (Å²) in [7, 11) is 0. The van der Waals surface area contributed by atoms with E-state index in [0.717, 1.165) is 40.1 Å². The molecule has 5 rings (SSSR count). The van der Waals surface area contributed by atoms with Crippen LogP contribution in [-0.4, -0.2) is 26.1 Å². The molecule has 0 spiro atoms. The Hall–Kier alpha value is -4.45. The molecular formula is C28H23N3O3. The lowest BCUT2D eigenvalue weighted by Gasteiger charge is -2.20. The van der Waals surface area contributed by atoms with Gasteiger partial charge >= 0.3 is 0 Å². The van der Waals surface area contributed by atoms with E-state index in [4.69, 9.17) is 9.97 Å². The monoisotopic (exact) mass is 449 g/mol. The number of aromatic hydroxyl groups is 2. The van der Waals surface area contributed by atoms with E-state index in [2.05, 4.69) is 5.32 Å². The SMILES string of the molecule is O=C(Cc1ccc(O)cc1)Nc1nc2c(nc1C=Cc1ccccc1)-c1ccc(O)cc1CC2. The number of carbonyl (C=O) groups is 1. The van der Waals surface area contributed by atoms with Crippen molar-refractivity contribution >= 4 is 23.9 Å². The number of hydrogen-bond donors (Lipinski definition) is 3. The van der Waals surface area contributed by atoms with E-state index in [9.17, 15) is 15.0 Å². The predicted molar refractivity (Wildman–Crippen MR) is 132 cm³/mol. The van der Waals surface area contributed by atoms with Gasteiger partial charge in [-0.25, -0.2) is 9.97 Å². The highest BCUT2D eigenvalue weighted by Gasteiger charge is 2.22. The number of fused-ring (bicyclic) bond motifs is 3. The molecule has 0 bridgehead atoms. The molecule has 168 valence electrons. The number of carbonyl (C=O) groups excluding carboxylic acids is 1. The van der Waals surface area contributed by atoms with Gasteiger partial charge in [0.05, 0.1) is 17.8 Å². The lowest BCUT2D eigenvalue weighted by atomic mass is 9.91. The molecule has 0 radical (unpaired) electrons. The summed E-state index contributed by atoms with van der Waals surface area (Å²) in [4.78, 5) is 22.5. The Morgan fingerprint density at radius 3 is 2.44 bits per heavy atom. The first-order valence-electron chi connectivity index (χ1n) is 11.1. The van der Waals surface area contributed by atoms with Gasteiger partial charge in [-0.3, -0.25) is 4.79 Å². The second kappa shape index (κ2) is 9.19. The van der Waals surface area contributed by atoms with Gasteiger partial charge in [0, 0.05) is 5.56 Å². The summed E-state index contributed by atoms with van der Waals surface area (Å²) in [5.74, 6) is 0.594. The molecular weight excluding hydrogens is 426 g/mol. The van der Waals surface area contributed by atoms with E-state index >= 15 is 0 Å². The fraction of sp³-hybridized carbons (Fsp3) is 0.107. The molecule has 0 atom stereocenters. The van der Waals surface area contributed by atoms with E-state index < -0.39 is 0 Å². The number of phenolic OH excluding ortho intramolecular Hbond substituents is 2. The summed E-state index contributed by atoms with van der Waals surface area (Å²) < 4.78 is 0. The molecule has 34 heavy (non-hydrogen) atoms. The highest BCUT2D eigenvalue weighted by atomic mass is 16.3. The van der Waals surface area contributed by atoms with E-state index in [1.54, 1.807) is 36.4 Å². The van der Waals surface area contributed by atoms with Crippen molar-refractivity contribution in [1.29, 1.82) is 0 Å². The first-order chi connectivity index (χ1) is 16.5. The Morgan fingerprint density at radius 1 is 0.882 bits per heavy atom.